The second-order valence-corrected chi connectivity index (χ2v) is 6.18. The van der Waals surface area contributed by atoms with Crippen molar-refractivity contribution >= 4 is 22.9 Å². The predicted molar refractivity (Wildman–Crippen MR) is 62.0 cm³/mol. The first-order chi connectivity index (χ1) is 6.83. The van der Waals surface area contributed by atoms with Crippen LogP contribution < -0.4 is 0 Å². The Bertz CT molecular complexity index is 296. The third-order valence-corrected chi connectivity index (χ3v) is 5.05. The first-order valence-corrected chi connectivity index (χ1v) is 6.86. The second kappa shape index (κ2) is 3.53. The normalized spacial score (nSPS) is 36.8. The van der Waals surface area contributed by atoms with Crippen LogP contribution in [0.5, 0.6) is 0 Å². The van der Waals surface area contributed by atoms with Crippen LogP contribution in [0, 0.1) is 17.8 Å². The average molecular weight is 227 g/mol. The predicted octanol–water partition coefficient (Wildman–Crippen LogP) is 3.94. The minimum absolute atomic E-state index is 0.386. The summed E-state index contributed by atoms with van der Waals surface area (Å²) in [5.41, 5.74) is 1.43. The van der Waals surface area contributed by atoms with Crippen LogP contribution in [0.15, 0.2) is 16.8 Å². The number of halogens is 1. The lowest BCUT2D eigenvalue weighted by Crippen LogP contribution is -2.15. The molecule has 3 atom stereocenters. The van der Waals surface area contributed by atoms with Gasteiger partial charge in [-0.2, -0.15) is 11.3 Å². The Hall–Kier alpha value is -0.0100. The Kier molecular flexibility index (Phi) is 2.33. The molecule has 2 aliphatic carbocycles. The molecule has 0 amide bonds. The van der Waals surface area contributed by atoms with Crippen LogP contribution in [-0.2, 0) is 6.42 Å². The maximum Gasteiger partial charge on any atom is 0.0405 e. The van der Waals surface area contributed by atoms with Gasteiger partial charge in [0, 0.05) is 5.38 Å². The molecular formula is C12H15ClS. The molecule has 14 heavy (non-hydrogen) atoms. The van der Waals surface area contributed by atoms with E-state index in [2.05, 4.69) is 16.8 Å². The molecule has 0 aromatic carbocycles. The lowest BCUT2D eigenvalue weighted by Gasteiger charge is -2.17. The third-order valence-electron chi connectivity index (χ3n) is 3.80. The second-order valence-electron chi connectivity index (χ2n) is 4.84. The van der Waals surface area contributed by atoms with Crippen molar-refractivity contribution in [1.29, 1.82) is 0 Å². The summed E-state index contributed by atoms with van der Waals surface area (Å²) in [5, 5.41) is 4.76. The molecule has 0 N–H and O–H groups in total. The molecule has 76 valence electrons. The SMILES string of the molecule is ClC(Cc1ccsc1)C1CC2CC2C1. The summed E-state index contributed by atoms with van der Waals surface area (Å²) in [6, 6.07) is 2.20. The van der Waals surface area contributed by atoms with E-state index < -0.39 is 0 Å². The first kappa shape index (κ1) is 9.23. The standard InChI is InChI=1S/C12H15ClS/c13-12(3-8-1-2-14-7-8)11-5-9-4-10(9)6-11/h1-2,7,9-12H,3-6H2. The zero-order valence-electron chi connectivity index (χ0n) is 8.16. The van der Waals surface area contributed by atoms with Crippen LogP contribution in [0.25, 0.3) is 0 Å². The van der Waals surface area contributed by atoms with Gasteiger partial charge in [-0.3, -0.25) is 0 Å². The van der Waals surface area contributed by atoms with Gasteiger partial charge in [0.15, 0.2) is 0 Å². The summed E-state index contributed by atoms with van der Waals surface area (Å²) in [6.07, 6.45) is 5.39. The van der Waals surface area contributed by atoms with Gasteiger partial charge in [0.25, 0.3) is 0 Å². The number of thiophene rings is 1. The van der Waals surface area contributed by atoms with Gasteiger partial charge in [-0.15, -0.1) is 11.6 Å². The van der Waals surface area contributed by atoms with E-state index in [9.17, 15) is 0 Å². The number of alkyl halides is 1. The molecule has 2 aliphatic rings. The zero-order valence-corrected chi connectivity index (χ0v) is 9.73. The number of fused-ring (bicyclic) bond motifs is 1. The molecule has 0 bridgehead atoms. The fraction of sp³-hybridized carbons (Fsp3) is 0.667. The molecule has 3 rings (SSSR count). The molecule has 2 saturated carbocycles. The van der Waals surface area contributed by atoms with Crippen molar-refractivity contribution in [3.05, 3.63) is 22.4 Å². The van der Waals surface area contributed by atoms with E-state index in [1.54, 1.807) is 11.3 Å². The molecular weight excluding hydrogens is 212 g/mol. The molecule has 0 spiro atoms. The van der Waals surface area contributed by atoms with Gasteiger partial charge in [-0.1, -0.05) is 0 Å². The quantitative estimate of drug-likeness (QED) is 0.685. The van der Waals surface area contributed by atoms with Gasteiger partial charge in [0.05, 0.1) is 0 Å². The van der Waals surface area contributed by atoms with Crippen LogP contribution in [0.3, 0.4) is 0 Å². The topological polar surface area (TPSA) is 0 Å². The summed E-state index contributed by atoms with van der Waals surface area (Å²) < 4.78 is 0. The lowest BCUT2D eigenvalue weighted by molar-refractivity contribution is 0.460. The van der Waals surface area contributed by atoms with Gasteiger partial charge in [0.2, 0.25) is 0 Å². The Morgan fingerprint density at radius 3 is 2.79 bits per heavy atom. The van der Waals surface area contributed by atoms with Crippen LogP contribution in [0.1, 0.15) is 24.8 Å². The van der Waals surface area contributed by atoms with E-state index >= 15 is 0 Å². The Morgan fingerprint density at radius 2 is 2.14 bits per heavy atom. The summed E-state index contributed by atoms with van der Waals surface area (Å²) >= 11 is 8.24. The molecule has 0 aliphatic heterocycles. The Morgan fingerprint density at radius 1 is 1.36 bits per heavy atom. The van der Waals surface area contributed by atoms with Crippen LogP contribution in [-0.4, -0.2) is 5.38 Å². The highest BCUT2D eigenvalue weighted by Gasteiger charge is 2.47. The van der Waals surface area contributed by atoms with Crippen molar-refractivity contribution in [3.63, 3.8) is 0 Å². The van der Waals surface area contributed by atoms with Gasteiger partial charge in [0.1, 0.15) is 0 Å². The lowest BCUT2D eigenvalue weighted by atomic mass is 9.95. The van der Waals surface area contributed by atoms with Gasteiger partial charge >= 0.3 is 0 Å². The highest BCUT2D eigenvalue weighted by Crippen LogP contribution is 2.56. The third kappa shape index (κ3) is 1.72. The Labute approximate surface area is 94.3 Å². The Balaban J connectivity index is 1.58. The van der Waals surface area contributed by atoms with E-state index in [4.69, 9.17) is 11.6 Å². The van der Waals surface area contributed by atoms with Crippen molar-refractivity contribution in [1.82, 2.24) is 0 Å². The maximum atomic E-state index is 6.47. The largest absolute Gasteiger partial charge is 0.152 e. The van der Waals surface area contributed by atoms with Crippen LogP contribution in [0.2, 0.25) is 0 Å². The smallest absolute Gasteiger partial charge is 0.0405 e. The highest BCUT2D eigenvalue weighted by molar-refractivity contribution is 7.07. The van der Waals surface area contributed by atoms with Gasteiger partial charge < -0.3 is 0 Å². The molecule has 2 fully saturated rings. The van der Waals surface area contributed by atoms with E-state index in [0.717, 1.165) is 24.2 Å². The van der Waals surface area contributed by atoms with Crippen molar-refractivity contribution in [2.45, 2.75) is 31.1 Å². The van der Waals surface area contributed by atoms with Gasteiger partial charge in [-0.25, -0.2) is 0 Å². The van der Waals surface area contributed by atoms with E-state index in [0.29, 0.717) is 5.38 Å². The molecule has 1 aromatic heterocycles. The van der Waals surface area contributed by atoms with Crippen molar-refractivity contribution < 1.29 is 0 Å². The minimum Gasteiger partial charge on any atom is -0.152 e. The summed E-state index contributed by atoms with van der Waals surface area (Å²) in [5.74, 6) is 2.92. The van der Waals surface area contributed by atoms with E-state index in [1.165, 1.54) is 24.8 Å². The summed E-state index contributed by atoms with van der Waals surface area (Å²) in [4.78, 5) is 0. The minimum atomic E-state index is 0.386. The molecule has 0 nitrogen and oxygen atoms in total. The van der Waals surface area contributed by atoms with Crippen molar-refractivity contribution in [3.8, 4) is 0 Å². The summed E-state index contributed by atoms with van der Waals surface area (Å²) in [6.45, 7) is 0. The maximum absolute atomic E-state index is 6.47. The number of rotatable bonds is 3. The number of hydrogen-bond donors (Lipinski definition) is 0. The molecule has 0 saturated heterocycles. The molecule has 1 aromatic rings. The van der Waals surface area contributed by atoms with E-state index in [1.807, 2.05) is 0 Å². The fourth-order valence-electron chi connectivity index (χ4n) is 2.86. The highest BCUT2D eigenvalue weighted by atomic mass is 35.5. The first-order valence-electron chi connectivity index (χ1n) is 5.48. The molecule has 1 heterocycles. The molecule has 0 radical (unpaired) electrons. The number of hydrogen-bond acceptors (Lipinski definition) is 1. The van der Waals surface area contributed by atoms with Crippen molar-refractivity contribution in [2.75, 3.05) is 0 Å². The molecule has 3 unspecified atom stereocenters. The average Bonchev–Trinajstić information content (AvgIpc) is 2.68. The van der Waals surface area contributed by atoms with E-state index in [-0.39, 0.29) is 0 Å². The monoisotopic (exact) mass is 226 g/mol. The molecule has 2 heteroatoms. The van der Waals surface area contributed by atoms with Crippen molar-refractivity contribution in [2.24, 2.45) is 17.8 Å². The van der Waals surface area contributed by atoms with Crippen LogP contribution >= 0.6 is 22.9 Å². The summed E-state index contributed by atoms with van der Waals surface area (Å²) in [7, 11) is 0. The zero-order chi connectivity index (χ0) is 9.54. The van der Waals surface area contributed by atoms with Crippen LogP contribution in [0.4, 0.5) is 0 Å². The van der Waals surface area contributed by atoms with Gasteiger partial charge in [-0.05, 0) is 65.8 Å². The fourth-order valence-corrected chi connectivity index (χ4v) is 3.92.